The van der Waals surface area contributed by atoms with Crippen LogP contribution in [0.1, 0.15) is 51.4 Å². The van der Waals surface area contributed by atoms with Crippen molar-refractivity contribution in [1.29, 1.82) is 0 Å². The summed E-state index contributed by atoms with van der Waals surface area (Å²) in [5.74, 6) is 0.00285. The molecule has 0 unspecified atom stereocenters. The van der Waals surface area contributed by atoms with E-state index in [4.69, 9.17) is 0 Å². The molecular formula is C40H38N4O2S2. The molecule has 0 aliphatic carbocycles. The Kier molecular flexibility index (Phi) is 11.5. The molecule has 0 saturated heterocycles. The first-order valence-electron chi connectivity index (χ1n) is 16.4. The summed E-state index contributed by atoms with van der Waals surface area (Å²) in [6, 6.07) is 37.2. The molecule has 0 bridgehead atoms. The number of carbonyl (C=O) groups is 2. The number of thiazole rings is 2. The Morgan fingerprint density at radius 2 is 0.771 bits per heavy atom. The first-order chi connectivity index (χ1) is 23.6. The summed E-state index contributed by atoms with van der Waals surface area (Å²) in [6.07, 6.45) is 6.73. The summed E-state index contributed by atoms with van der Waals surface area (Å²) in [5.41, 5.74) is 8.48. The van der Waals surface area contributed by atoms with Crippen molar-refractivity contribution >= 4 is 44.8 Å². The maximum atomic E-state index is 12.5. The second-order valence-electron chi connectivity index (χ2n) is 11.7. The lowest BCUT2D eigenvalue weighted by molar-refractivity contribution is -0.117. The molecule has 2 heterocycles. The van der Waals surface area contributed by atoms with Gasteiger partial charge in [-0.3, -0.25) is 9.59 Å². The first kappa shape index (κ1) is 33.0. The van der Waals surface area contributed by atoms with Crippen LogP contribution in [0.4, 0.5) is 10.3 Å². The molecule has 242 valence electrons. The molecule has 4 aromatic carbocycles. The van der Waals surface area contributed by atoms with Gasteiger partial charge in [0.15, 0.2) is 10.3 Å². The number of hydrogen-bond donors (Lipinski definition) is 2. The van der Waals surface area contributed by atoms with Crippen LogP contribution in [0.5, 0.6) is 0 Å². The predicted molar refractivity (Wildman–Crippen MR) is 200 cm³/mol. The van der Waals surface area contributed by atoms with Crippen molar-refractivity contribution in [2.75, 3.05) is 10.6 Å². The minimum absolute atomic E-state index is 0.00143. The normalized spacial score (nSPS) is 10.9. The molecule has 2 N–H and O–H groups in total. The van der Waals surface area contributed by atoms with Crippen LogP contribution in [0.25, 0.3) is 44.8 Å². The molecule has 6 aromatic rings. The van der Waals surface area contributed by atoms with E-state index in [0.717, 1.165) is 72.2 Å². The van der Waals surface area contributed by atoms with Gasteiger partial charge in [0.25, 0.3) is 0 Å². The summed E-state index contributed by atoms with van der Waals surface area (Å²) in [4.78, 5) is 34.2. The Hall–Kier alpha value is -4.92. The van der Waals surface area contributed by atoms with Crippen molar-refractivity contribution < 1.29 is 9.59 Å². The van der Waals surface area contributed by atoms with Gasteiger partial charge in [-0.05, 0) is 35.1 Å². The monoisotopic (exact) mass is 670 g/mol. The summed E-state index contributed by atoms with van der Waals surface area (Å²) in [5, 5.41) is 11.1. The number of nitrogens with one attached hydrogen (secondary N) is 2. The molecule has 0 aliphatic rings. The molecule has 0 saturated carbocycles. The van der Waals surface area contributed by atoms with E-state index in [1.807, 2.05) is 47.2 Å². The van der Waals surface area contributed by atoms with Crippen molar-refractivity contribution in [3.8, 4) is 44.8 Å². The number of carbonyl (C=O) groups excluding carboxylic acids is 2. The fourth-order valence-corrected chi connectivity index (χ4v) is 6.97. The standard InChI is InChI=1S/C40H38N4O2S2/c45-37(43-39-41-35(27-47-39)33-23-19-31(20-24-33)29-13-7-5-8-14-29)17-11-3-1-2-4-12-18-38(46)44-40-42-36(28-48-40)34-25-21-32(22-26-34)30-15-9-6-10-16-30/h5-10,13-16,19-28H,1-4,11-12,17-18H2,(H,41,43,45)(H,42,44,46). The molecule has 48 heavy (non-hydrogen) atoms. The molecule has 6 rings (SSSR count). The number of anilines is 2. The van der Waals surface area contributed by atoms with E-state index >= 15 is 0 Å². The van der Waals surface area contributed by atoms with Gasteiger partial charge in [0.1, 0.15) is 0 Å². The van der Waals surface area contributed by atoms with Gasteiger partial charge in [0.2, 0.25) is 11.8 Å². The third kappa shape index (κ3) is 9.33. The van der Waals surface area contributed by atoms with Gasteiger partial charge in [0, 0.05) is 34.7 Å². The number of nitrogens with zero attached hydrogens (tertiary/aromatic N) is 2. The summed E-state index contributed by atoms with van der Waals surface area (Å²) < 4.78 is 0. The summed E-state index contributed by atoms with van der Waals surface area (Å²) >= 11 is 2.90. The number of unbranched alkanes of at least 4 members (excludes halogenated alkanes) is 5. The van der Waals surface area contributed by atoms with Gasteiger partial charge in [-0.1, -0.05) is 135 Å². The third-order valence-electron chi connectivity index (χ3n) is 8.13. The molecule has 0 fully saturated rings. The van der Waals surface area contributed by atoms with Gasteiger partial charge < -0.3 is 10.6 Å². The van der Waals surface area contributed by atoms with Crippen molar-refractivity contribution in [2.45, 2.75) is 51.4 Å². The maximum Gasteiger partial charge on any atom is 0.226 e. The molecule has 8 heteroatoms. The van der Waals surface area contributed by atoms with Crippen LogP contribution in [-0.2, 0) is 9.59 Å². The SMILES string of the molecule is O=C(CCCCCCCCC(=O)Nc1nc(-c2ccc(-c3ccccc3)cc2)cs1)Nc1nc(-c2ccc(-c3ccccc3)cc2)cs1. The van der Waals surface area contributed by atoms with Crippen LogP contribution in [0.2, 0.25) is 0 Å². The molecule has 0 radical (unpaired) electrons. The van der Waals surface area contributed by atoms with Gasteiger partial charge in [-0.15, -0.1) is 22.7 Å². The van der Waals surface area contributed by atoms with Crippen molar-refractivity contribution in [1.82, 2.24) is 9.97 Å². The Morgan fingerprint density at radius 3 is 1.17 bits per heavy atom. The quantitative estimate of drug-likeness (QED) is 0.107. The number of rotatable bonds is 15. The van der Waals surface area contributed by atoms with Gasteiger partial charge >= 0.3 is 0 Å². The Bertz CT molecular complexity index is 1760. The maximum absolute atomic E-state index is 12.5. The Balaban J connectivity index is 0.826. The Morgan fingerprint density at radius 1 is 0.438 bits per heavy atom. The lowest BCUT2D eigenvalue weighted by atomic mass is 10.0. The van der Waals surface area contributed by atoms with Gasteiger partial charge in [-0.2, -0.15) is 0 Å². The average Bonchev–Trinajstić information content (AvgIpc) is 3.80. The van der Waals surface area contributed by atoms with E-state index in [1.165, 1.54) is 33.8 Å². The van der Waals surface area contributed by atoms with E-state index in [1.54, 1.807) is 0 Å². The minimum Gasteiger partial charge on any atom is -0.302 e. The zero-order chi connectivity index (χ0) is 33.0. The van der Waals surface area contributed by atoms with Gasteiger partial charge in [0.05, 0.1) is 11.4 Å². The van der Waals surface area contributed by atoms with Crippen LogP contribution < -0.4 is 10.6 Å². The molecule has 0 aliphatic heterocycles. The lowest BCUT2D eigenvalue weighted by Crippen LogP contribution is -2.11. The number of hydrogen-bond acceptors (Lipinski definition) is 6. The Labute approximate surface area is 290 Å². The molecule has 0 spiro atoms. The molecule has 2 amide bonds. The highest BCUT2D eigenvalue weighted by atomic mass is 32.1. The number of amides is 2. The van der Waals surface area contributed by atoms with Crippen molar-refractivity contribution in [2.24, 2.45) is 0 Å². The van der Waals surface area contributed by atoms with E-state index in [0.29, 0.717) is 23.1 Å². The van der Waals surface area contributed by atoms with Crippen LogP contribution in [0, 0.1) is 0 Å². The fraction of sp³-hybridized carbons (Fsp3) is 0.200. The predicted octanol–water partition coefficient (Wildman–Crippen LogP) is 11.0. The smallest absolute Gasteiger partial charge is 0.226 e. The highest BCUT2D eigenvalue weighted by Gasteiger charge is 2.10. The summed E-state index contributed by atoms with van der Waals surface area (Å²) in [7, 11) is 0. The van der Waals surface area contributed by atoms with E-state index in [-0.39, 0.29) is 11.8 Å². The highest BCUT2D eigenvalue weighted by molar-refractivity contribution is 7.14. The highest BCUT2D eigenvalue weighted by Crippen LogP contribution is 2.29. The molecular weight excluding hydrogens is 633 g/mol. The van der Waals surface area contributed by atoms with Crippen LogP contribution in [-0.4, -0.2) is 21.8 Å². The topological polar surface area (TPSA) is 84.0 Å². The van der Waals surface area contributed by atoms with Crippen molar-refractivity contribution in [3.05, 3.63) is 120 Å². The van der Waals surface area contributed by atoms with Crippen LogP contribution in [0.3, 0.4) is 0 Å². The largest absolute Gasteiger partial charge is 0.302 e. The third-order valence-corrected chi connectivity index (χ3v) is 9.65. The molecule has 6 nitrogen and oxygen atoms in total. The second-order valence-corrected chi connectivity index (χ2v) is 13.4. The van der Waals surface area contributed by atoms with Gasteiger partial charge in [-0.25, -0.2) is 9.97 Å². The average molecular weight is 671 g/mol. The number of aromatic nitrogens is 2. The zero-order valence-electron chi connectivity index (χ0n) is 26.7. The van der Waals surface area contributed by atoms with E-state index < -0.39 is 0 Å². The lowest BCUT2D eigenvalue weighted by Gasteiger charge is -2.04. The minimum atomic E-state index is 0.00143. The molecule has 0 atom stereocenters. The first-order valence-corrected chi connectivity index (χ1v) is 18.2. The van der Waals surface area contributed by atoms with Crippen LogP contribution >= 0.6 is 22.7 Å². The second kappa shape index (κ2) is 16.8. The zero-order valence-corrected chi connectivity index (χ0v) is 28.4. The van der Waals surface area contributed by atoms with Crippen molar-refractivity contribution in [3.63, 3.8) is 0 Å². The van der Waals surface area contributed by atoms with Crippen LogP contribution in [0.15, 0.2) is 120 Å². The van der Waals surface area contributed by atoms with E-state index in [2.05, 4.69) is 93.4 Å². The molecule has 2 aromatic heterocycles. The summed E-state index contributed by atoms with van der Waals surface area (Å²) in [6.45, 7) is 0. The fourth-order valence-electron chi connectivity index (χ4n) is 5.50. The number of benzene rings is 4. The van der Waals surface area contributed by atoms with E-state index in [9.17, 15) is 9.59 Å².